The van der Waals surface area contributed by atoms with Crippen molar-refractivity contribution in [2.24, 2.45) is 0 Å². The number of rotatable bonds is 5. The molecule has 0 saturated carbocycles. The monoisotopic (exact) mass is 221 g/mol. The van der Waals surface area contributed by atoms with E-state index < -0.39 is 0 Å². The number of ketones is 1. The molecular formula is C13H19NO2. The molecule has 0 amide bonds. The quantitative estimate of drug-likeness (QED) is 0.774. The van der Waals surface area contributed by atoms with Crippen LogP contribution in [-0.2, 0) is 0 Å². The van der Waals surface area contributed by atoms with Crippen LogP contribution < -0.4 is 10.1 Å². The summed E-state index contributed by atoms with van der Waals surface area (Å²) in [5, 5.41) is 3.04. The molecule has 1 N–H and O–H groups in total. The Hall–Kier alpha value is -1.35. The van der Waals surface area contributed by atoms with Crippen LogP contribution in [0.1, 0.15) is 28.4 Å². The van der Waals surface area contributed by atoms with Crippen molar-refractivity contribution in [3.63, 3.8) is 0 Å². The normalized spacial score (nSPS) is 10.2. The summed E-state index contributed by atoms with van der Waals surface area (Å²) in [4.78, 5) is 11.9. The number of aryl methyl sites for hydroxylation is 2. The third kappa shape index (κ3) is 2.83. The van der Waals surface area contributed by atoms with Crippen LogP contribution in [0.5, 0.6) is 5.75 Å². The molecule has 1 rings (SSSR count). The average Bonchev–Trinajstić information content (AvgIpc) is 2.28. The maximum absolute atomic E-state index is 11.9. The van der Waals surface area contributed by atoms with Gasteiger partial charge in [-0.1, -0.05) is 6.92 Å². The lowest BCUT2D eigenvalue weighted by molar-refractivity contribution is 0.0991. The van der Waals surface area contributed by atoms with Crippen LogP contribution >= 0.6 is 0 Å². The van der Waals surface area contributed by atoms with Gasteiger partial charge in [0.2, 0.25) is 0 Å². The van der Waals surface area contributed by atoms with Gasteiger partial charge in [-0.3, -0.25) is 4.79 Å². The number of ether oxygens (including phenoxy) is 1. The van der Waals surface area contributed by atoms with Gasteiger partial charge in [-0.25, -0.2) is 0 Å². The third-order valence-corrected chi connectivity index (χ3v) is 2.58. The van der Waals surface area contributed by atoms with Crippen molar-refractivity contribution < 1.29 is 9.53 Å². The Morgan fingerprint density at radius 1 is 1.31 bits per heavy atom. The lowest BCUT2D eigenvalue weighted by Crippen LogP contribution is -2.23. The number of likely N-dealkylation sites (N-methyl/N-ethyl adjacent to an activating group) is 1. The zero-order valence-electron chi connectivity index (χ0n) is 10.4. The van der Waals surface area contributed by atoms with Crippen LogP contribution in [0, 0.1) is 13.8 Å². The molecular weight excluding hydrogens is 202 g/mol. The van der Waals surface area contributed by atoms with Gasteiger partial charge in [-0.05, 0) is 43.7 Å². The Labute approximate surface area is 96.8 Å². The van der Waals surface area contributed by atoms with Gasteiger partial charge in [0.15, 0.2) is 5.78 Å². The minimum atomic E-state index is 0.130. The second-order valence-corrected chi connectivity index (χ2v) is 3.84. The minimum Gasteiger partial charge on any atom is -0.496 e. The maximum atomic E-state index is 11.9. The van der Waals surface area contributed by atoms with Gasteiger partial charge in [-0.15, -0.1) is 0 Å². The number of hydrogen-bond acceptors (Lipinski definition) is 3. The van der Waals surface area contributed by atoms with Crippen molar-refractivity contribution in [2.45, 2.75) is 20.8 Å². The molecule has 0 bridgehead atoms. The molecule has 0 fully saturated rings. The van der Waals surface area contributed by atoms with Crippen molar-refractivity contribution in [2.75, 3.05) is 20.2 Å². The lowest BCUT2D eigenvalue weighted by Gasteiger charge is -2.10. The van der Waals surface area contributed by atoms with Crippen molar-refractivity contribution in [3.8, 4) is 5.75 Å². The molecule has 0 radical (unpaired) electrons. The largest absolute Gasteiger partial charge is 0.496 e. The van der Waals surface area contributed by atoms with Crippen LogP contribution in [0.4, 0.5) is 0 Å². The smallest absolute Gasteiger partial charge is 0.176 e. The first kappa shape index (κ1) is 12.7. The molecule has 0 saturated heterocycles. The van der Waals surface area contributed by atoms with E-state index in [1.807, 2.05) is 32.9 Å². The summed E-state index contributed by atoms with van der Waals surface area (Å²) in [6, 6.07) is 3.81. The van der Waals surface area contributed by atoms with E-state index in [1.54, 1.807) is 7.11 Å². The number of Topliss-reactive ketones (excluding diaryl/α,β-unsaturated/α-hetero) is 1. The fourth-order valence-corrected chi connectivity index (χ4v) is 1.64. The molecule has 0 aliphatic carbocycles. The highest BCUT2D eigenvalue weighted by Gasteiger charge is 2.11. The summed E-state index contributed by atoms with van der Waals surface area (Å²) in [6.07, 6.45) is 0. The molecule has 0 aliphatic rings. The summed E-state index contributed by atoms with van der Waals surface area (Å²) < 4.78 is 5.21. The van der Waals surface area contributed by atoms with Crippen molar-refractivity contribution in [1.29, 1.82) is 0 Å². The summed E-state index contributed by atoms with van der Waals surface area (Å²) in [6.45, 7) is 7.06. The van der Waals surface area contributed by atoms with Crippen LogP contribution in [0.25, 0.3) is 0 Å². The summed E-state index contributed by atoms with van der Waals surface area (Å²) >= 11 is 0. The van der Waals surface area contributed by atoms with Crippen molar-refractivity contribution >= 4 is 5.78 Å². The standard InChI is InChI=1S/C13H19NO2/c1-5-14-8-12(15)11-6-10(3)13(16-4)7-9(11)2/h6-7,14H,5,8H2,1-4H3. The van der Waals surface area contributed by atoms with Crippen LogP contribution in [0.3, 0.4) is 0 Å². The van der Waals surface area contributed by atoms with Crippen molar-refractivity contribution in [1.82, 2.24) is 5.32 Å². The van der Waals surface area contributed by atoms with Gasteiger partial charge in [-0.2, -0.15) is 0 Å². The molecule has 3 heteroatoms. The zero-order chi connectivity index (χ0) is 12.1. The Bertz CT molecular complexity index is 386. The SMILES string of the molecule is CCNCC(=O)c1cc(C)c(OC)cc1C. The number of hydrogen-bond donors (Lipinski definition) is 1. The summed E-state index contributed by atoms with van der Waals surface area (Å²) in [5.41, 5.74) is 2.73. The number of methoxy groups -OCH3 is 1. The Morgan fingerprint density at radius 3 is 2.56 bits per heavy atom. The van der Waals surface area contributed by atoms with Gasteiger partial charge in [0, 0.05) is 5.56 Å². The molecule has 0 atom stereocenters. The molecule has 16 heavy (non-hydrogen) atoms. The zero-order valence-corrected chi connectivity index (χ0v) is 10.4. The van der Waals surface area contributed by atoms with Crippen LogP contribution in [0.2, 0.25) is 0 Å². The van der Waals surface area contributed by atoms with Gasteiger partial charge < -0.3 is 10.1 Å². The van der Waals surface area contributed by atoms with Gasteiger partial charge >= 0.3 is 0 Å². The Morgan fingerprint density at radius 2 is 2.00 bits per heavy atom. The first-order valence-corrected chi connectivity index (χ1v) is 5.49. The van der Waals surface area contributed by atoms with E-state index in [9.17, 15) is 4.79 Å². The highest BCUT2D eigenvalue weighted by atomic mass is 16.5. The molecule has 3 nitrogen and oxygen atoms in total. The number of carbonyl (C=O) groups excluding carboxylic acids is 1. The number of benzene rings is 1. The topological polar surface area (TPSA) is 38.3 Å². The maximum Gasteiger partial charge on any atom is 0.176 e. The van der Waals surface area contributed by atoms with Gasteiger partial charge in [0.05, 0.1) is 13.7 Å². The lowest BCUT2D eigenvalue weighted by atomic mass is 10.0. The van der Waals surface area contributed by atoms with Crippen LogP contribution in [-0.4, -0.2) is 26.0 Å². The van der Waals surface area contributed by atoms with E-state index in [0.29, 0.717) is 6.54 Å². The molecule has 1 aromatic rings. The second-order valence-electron chi connectivity index (χ2n) is 3.84. The molecule has 1 aromatic carbocycles. The van der Waals surface area contributed by atoms with E-state index in [-0.39, 0.29) is 5.78 Å². The van der Waals surface area contributed by atoms with Crippen molar-refractivity contribution in [3.05, 3.63) is 28.8 Å². The predicted molar refractivity (Wildman–Crippen MR) is 65.3 cm³/mol. The molecule has 0 unspecified atom stereocenters. The second kappa shape index (κ2) is 5.66. The average molecular weight is 221 g/mol. The molecule has 0 heterocycles. The van der Waals surface area contributed by atoms with E-state index in [2.05, 4.69) is 5.32 Å². The fourth-order valence-electron chi connectivity index (χ4n) is 1.64. The fraction of sp³-hybridized carbons (Fsp3) is 0.462. The van der Waals surface area contributed by atoms with Crippen LogP contribution in [0.15, 0.2) is 12.1 Å². The van der Waals surface area contributed by atoms with Gasteiger partial charge in [0.1, 0.15) is 5.75 Å². The van der Waals surface area contributed by atoms with E-state index in [0.717, 1.165) is 29.0 Å². The molecule has 0 spiro atoms. The number of carbonyl (C=O) groups is 1. The Kier molecular flexibility index (Phi) is 4.50. The minimum absolute atomic E-state index is 0.130. The van der Waals surface area contributed by atoms with E-state index in [4.69, 9.17) is 4.74 Å². The first-order chi connectivity index (χ1) is 7.60. The molecule has 88 valence electrons. The molecule has 0 aliphatic heterocycles. The third-order valence-electron chi connectivity index (χ3n) is 2.58. The number of nitrogens with one attached hydrogen (secondary N) is 1. The van der Waals surface area contributed by atoms with Gasteiger partial charge in [0.25, 0.3) is 0 Å². The first-order valence-electron chi connectivity index (χ1n) is 5.49. The van der Waals surface area contributed by atoms with E-state index >= 15 is 0 Å². The van der Waals surface area contributed by atoms with E-state index in [1.165, 1.54) is 0 Å². The summed E-state index contributed by atoms with van der Waals surface area (Å²) in [7, 11) is 1.64. The predicted octanol–water partition coefficient (Wildman–Crippen LogP) is 2.10. The molecule has 0 aromatic heterocycles. The highest BCUT2D eigenvalue weighted by molar-refractivity contribution is 5.99. The highest BCUT2D eigenvalue weighted by Crippen LogP contribution is 2.22. The Balaban J connectivity index is 2.97. The summed E-state index contributed by atoms with van der Waals surface area (Å²) in [5.74, 6) is 0.961.